The van der Waals surface area contributed by atoms with Gasteiger partial charge in [0.05, 0.1) is 17.7 Å². The smallest absolute Gasteiger partial charge is 0.335 e. The molecule has 0 radical (unpaired) electrons. The Labute approximate surface area is 135 Å². The molecule has 2 rings (SSSR count). The van der Waals surface area contributed by atoms with Gasteiger partial charge < -0.3 is 19.8 Å². The van der Waals surface area contributed by atoms with Gasteiger partial charge in [0.15, 0.2) is 0 Å². The van der Waals surface area contributed by atoms with Crippen LogP contribution in [0.1, 0.15) is 37.0 Å². The van der Waals surface area contributed by atoms with Crippen molar-refractivity contribution in [2.75, 3.05) is 13.2 Å². The number of hydrogen-bond donors (Lipinski definition) is 2. The highest BCUT2D eigenvalue weighted by Gasteiger charge is 2.36. The van der Waals surface area contributed by atoms with E-state index in [-0.39, 0.29) is 30.0 Å². The van der Waals surface area contributed by atoms with E-state index in [9.17, 15) is 14.7 Å². The van der Waals surface area contributed by atoms with E-state index in [2.05, 4.69) is 0 Å². The Kier molecular flexibility index (Phi) is 5.60. The predicted molar refractivity (Wildman–Crippen MR) is 84.5 cm³/mol. The topological polar surface area (TPSA) is 87.1 Å². The number of nitrogens with zero attached hydrogens (tertiary/aromatic N) is 1. The lowest BCUT2D eigenvalue weighted by Crippen LogP contribution is -2.43. The van der Waals surface area contributed by atoms with E-state index in [4.69, 9.17) is 9.84 Å². The molecule has 1 fully saturated rings. The molecule has 1 unspecified atom stereocenters. The predicted octanol–water partition coefficient (Wildman–Crippen LogP) is 1.77. The molecule has 6 nitrogen and oxygen atoms in total. The van der Waals surface area contributed by atoms with E-state index in [1.165, 1.54) is 12.1 Å². The summed E-state index contributed by atoms with van der Waals surface area (Å²) in [6.45, 7) is 4.70. The van der Waals surface area contributed by atoms with Crippen molar-refractivity contribution in [1.29, 1.82) is 0 Å². The summed E-state index contributed by atoms with van der Waals surface area (Å²) >= 11 is 0. The van der Waals surface area contributed by atoms with Crippen molar-refractivity contribution >= 4 is 11.9 Å². The Hall–Kier alpha value is -2.08. The third-order valence-electron chi connectivity index (χ3n) is 3.94. The van der Waals surface area contributed by atoms with Crippen LogP contribution in [-0.2, 0) is 4.79 Å². The summed E-state index contributed by atoms with van der Waals surface area (Å²) in [4.78, 5) is 24.7. The molecule has 0 aromatic heterocycles. The van der Waals surface area contributed by atoms with Crippen molar-refractivity contribution in [3.05, 3.63) is 29.8 Å². The van der Waals surface area contributed by atoms with Crippen LogP contribution in [0.15, 0.2) is 24.3 Å². The fourth-order valence-electron chi connectivity index (χ4n) is 2.69. The normalized spacial score (nSPS) is 20.8. The Bertz CT molecular complexity index is 555. The molecular formula is C17H23NO5. The molecule has 23 heavy (non-hydrogen) atoms. The fourth-order valence-corrected chi connectivity index (χ4v) is 2.69. The quantitative estimate of drug-likeness (QED) is 0.834. The van der Waals surface area contributed by atoms with Crippen molar-refractivity contribution in [2.24, 2.45) is 5.92 Å². The van der Waals surface area contributed by atoms with Crippen molar-refractivity contribution in [3.8, 4) is 5.75 Å². The van der Waals surface area contributed by atoms with Gasteiger partial charge in [0, 0.05) is 13.0 Å². The van der Waals surface area contributed by atoms with Gasteiger partial charge in [0.2, 0.25) is 5.91 Å². The number of amides is 1. The number of rotatable bonds is 6. The second-order valence-electron chi connectivity index (χ2n) is 6.25. The first-order chi connectivity index (χ1) is 10.9. The maximum absolute atomic E-state index is 12.2. The zero-order valence-electron chi connectivity index (χ0n) is 13.4. The van der Waals surface area contributed by atoms with E-state index >= 15 is 0 Å². The summed E-state index contributed by atoms with van der Waals surface area (Å²) in [6.07, 6.45) is 0.413. The third-order valence-corrected chi connectivity index (χ3v) is 3.94. The number of ether oxygens (including phenoxy) is 1. The van der Waals surface area contributed by atoms with Crippen molar-refractivity contribution in [2.45, 2.75) is 38.8 Å². The van der Waals surface area contributed by atoms with E-state index in [1.807, 2.05) is 13.8 Å². The highest BCUT2D eigenvalue weighted by atomic mass is 16.5. The molecule has 1 amide bonds. The molecule has 2 atom stereocenters. The van der Waals surface area contributed by atoms with Crippen LogP contribution in [0.2, 0.25) is 0 Å². The highest BCUT2D eigenvalue weighted by molar-refractivity contribution is 5.87. The molecule has 0 bridgehead atoms. The second kappa shape index (κ2) is 7.46. The molecule has 1 aliphatic heterocycles. The molecule has 1 aliphatic rings. The summed E-state index contributed by atoms with van der Waals surface area (Å²) in [5, 5.41) is 18.9. The third kappa shape index (κ3) is 4.45. The van der Waals surface area contributed by atoms with Crippen LogP contribution < -0.4 is 4.74 Å². The van der Waals surface area contributed by atoms with Gasteiger partial charge in [-0.1, -0.05) is 13.8 Å². The van der Waals surface area contributed by atoms with Gasteiger partial charge in [-0.15, -0.1) is 0 Å². The van der Waals surface area contributed by atoms with E-state index in [1.54, 1.807) is 17.0 Å². The van der Waals surface area contributed by atoms with Crippen LogP contribution in [0.25, 0.3) is 0 Å². The standard InChI is InChI=1S/C17H23NO5/c1-11(2)9-16(20)18-8-7-15(19)14(18)10-23-13-5-3-12(4-6-13)17(21)22/h3-6,11,14-15,19H,7-10H2,1-2H3,(H,21,22)/t14-,15?/m1/s1. The number of benzene rings is 1. The average molecular weight is 321 g/mol. The molecule has 0 saturated carbocycles. The van der Waals surface area contributed by atoms with Crippen LogP contribution in [0.3, 0.4) is 0 Å². The van der Waals surface area contributed by atoms with Crippen LogP contribution >= 0.6 is 0 Å². The zero-order valence-corrected chi connectivity index (χ0v) is 13.4. The molecule has 6 heteroatoms. The first-order valence-electron chi connectivity index (χ1n) is 7.82. The Morgan fingerprint density at radius 1 is 1.30 bits per heavy atom. The first kappa shape index (κ1) is 17.3. The van der Waals surface area contributed by atoms with Gasteiger partial charge >= 0.3 is 5.97 Å². The maximum Gasteiger partial charge on any atom is 0.335 e. The fraction of sp³-hybridized carbons (Fsp3) is 0.529. The number of hydrogen-bond acceptors (Lipinski definition) is 4. The number of aliphatic hydroxyl groups is 1. The SMILES string of the molecule is CC(C)CC(=O)N1CCC(O)[C@H]1COc1ccc(C(=O)O)cc1. The monoisotopic (exact) mass is 321 g/mol. The lowest BCUT2D eigenvalue weighted by Gasteiger charge is -2.27. The maximum atomic E-state index is 12.2. The summed E-state index contributed by atoms with van der Waals surface area (Å²) in [7, 11) is 0. The molecule has 1 aromatic rings. The molecule has 1 aromatic carbocycles. The lowest BCUT2D eigenvalue weighted by molar-refractivity contribution is -0.134. The van der Waals surface area contributed by atoms with E-state index < -0.39 is 12.1 Å². The minimum atomic E-state index is -0.992. The van der Waals surface area contributed by atoms with Crippen molar-refractivity contribution < 1.29 is 24.5 Å². The Morgan fingerprint density at radius 2 is 1.96 bits per heavy atom. The molecule has 1 saturated heterocycles. The number of carbonyl (C=O) groups excluding carboxylic acids is 1. The minimum Gasteiger partial charge on any atom is -0.491 e. The van der Waals surface area contributed by atoms with Gasteiger partial charge in [0.25, 0.3) is 0 Å². The van der Waals surface area contributed by atoms with Crippen LogP contribution in [0.5, 0.6) is 5.75 Å². The van der Waals surface area contributed by atoms with Gasteiger partial charge in [-0.25, -0.2) is 4.79 Å². The molecular weight excluding hydrogens is 298 g/mol. The average Bonchev–Trinajstić information content (AvgIpc) is 2.86. The van der Waals surface area contributed by atoms with Gasteiger partial charge in [0.1, 0.15) is 12.4 Å². The number of carbonyl (C=O) groups is 2. The molecule has 0 spiro atoms. The number of likely N-dealkylation sites (tertiary alicyclic amines) is 1. The number of aromatic carboxylic acids is 1. The lowest BCUT2D eigenvalue weighted by atomic mass is 10.1. The highest BCUT2D eigenvalue weighted by Crippen LogP contribution is 2.22. The second-order valence-corrected chi connectivity index (χ2v) is 6.25. The largest absolute Gasteiger partial charge is 0.491 e. The van der Waals surface area contributed by atoms with Crippen molar-refractivity contribution in [3.63, 3.8) is 0 Å². The number of aliphatic hydroxyl groups excluding tert-OH is 1. The summed E-state index contributed by atoms with van der Waals surface area (Å²) in [6, 6.07) is 5.71. The van der Waals surface area contributed by atoms with Crippen molar-refractivity contribution in [1.82, 2.24) is 4.90 Å². The van der Waals surface area contributed by atoms with Gasteiger partial charge in [-0.05, 0) is 36.6 Å². The summed E-state index contributed by atoms with van der Waals surface area (Å²) in [5.41, 5.74) is 0.187. The van der Waals surface area contributed by atoms with E-state index in [0.717, 1.165) is 0 Å². The van der Waals surface area contributed by atoms with Gasteiger partial charge in [-0.3, -0.25) is 4.79 Å². The molecule has 126 valence electrons. The van der Waals surface area contributed by atoms with Crippen LogP contribution in [-0.4, -0.2) is 52.3 Å². The Balaban J connectivity index is 1.96. The van der Waals surface area contributed by atoms with E-state index in [0.29, 0.717) is 25.1 Å². The zero-order chi connectivity index (χ0) is 17.0. The summed E-state index contributed by atoms with van der Waals surface area (Å²) in [5.74, 6) is -0.171. The van der Waals surface area contributed by atoms with Crippen LogP contribution in [0, 0.1) is 5.92 Å². The minimum absolute atomic E-state index is 0.0337. The molecule has 1 heterocycles. The number of carboxylic acid groups (broad SMARTS) is 1. The first-order valence-corrected chi connectivity index (χ1v) is 7.82. The molecule has 2 N–H and O–H groups in total. The Morgan fingerprint density at radius 3 is 2.52 bits per heavy atom. The number of carboxylic acids is 1. The van der Waals surface area contributed by atoms with Gasteiger partial charge in [-0.2, -0.15) is 0 Å². The molecule has 0 aliphatic carbocycles. The van der Waals surface area contributed by atoms with Crippen LogP contribution in [0.4, 0.5) is 0 Å². The summed E-state index contributed by atoms with van der Waals surface area (Å²) < 4.78 is 5.63.